The van der Waals surface area contributed by atoms with E-state index in [4.69, 9.17) is 0 Å². The van der Waals surface area contributed by atoms with Crippen molar-refractivity contribution in [3.63, 3.8) is 0 Å². The average Bonchev–Trinajstić information content (AvgIpc) is 3.23. The summed E-state index contributed by atoms with van der Waals surface area (Å²) in [6, 6.07) is 13.2. The van der Waals surface area contributed by atoms with Crippen LogP contribution < -0.4 is 10.6 Å². The molecule has 0 atom stereocenters. The highest BCUT2D eigenvalue weighted by Crippen LogP contribution is 2.23. The number of aryl methyl sites for hydroxylation is 2. The normalized spacial score (nSPS) is 12.1. The van der Waals surface area contributed by atoms with Crippen LogP contribution >= 0.6 is 0 Å². The number of hydrogen-bond acceptors (Lipinski definition) is 4. The van der Waals surface area contributed by atoms with Crippen molar-refractivity contribution >= 4 is 17.9 Å². The fourth-order valence-corrected chi connectivity index (χ4v) is 3.58. The first kappa shape index (κ1) is 23.8. The van der Waals surface area contributed by atoms with Gasteiger partial charge in [-0.1, -0.05) is 32.0 Å². The van der Waals surface area contributed by atoms with Crippen LogP contribution in [0.15, 0.2) is 42.5 Å². The van der Waals surface area contributed by atoms with Crippen LogP contribution in [0.3, 0.4) is 0 Å². The molecule has 1 aliphatic rings. The predicted octanol–water partition coefficient (Wildman–Crippen LogP) is 3.72. The zero-order valence-electron chi connectivity index (χ0n) is 18.5. The molecule has 2 aromatic rings. The Hall–Kier alpha value is -2.50. The number of amides is 1. The van der Waals surface area contributed by atoms with Gasteiger partial charge in [-0.25, -0.2) is 0 Å². The van der Waals surface area contributed by atoms with E-state index in [0.717, 1.165) is 44.3 Å². The maximum atomic E-state index is 12.1. The van der Waals surface area contributed by atoms with Crippen LogP contribution in [0.25, 0.3) is 0 Å². The van der Waals surface area contributed by atoms with E-state index in [1.807, 2.05) is 13.1 Å². The molecule has 5 heteroatoms. The zero-order valence-corrected chi connectivity index (χ0v) is 18.5. The molecule has 0 radical (unpaired) electrons. The smallest absolute Gasteiger partial charge is 0.228 e. The molecule has 2 N–H and O–H groups in total. The molecule has 0 saturated carbocycles. The first-order valence-electron chi connectivity index (χ1n) is 10.9. The minimum Gasteiger partial charge on any atom is -0.326 e. The molecule has 0 unspecified atom stereocenters. The van der Waals surface area contributed by atoms with E-state index in [2.05, 4.69) is 41.5 Å². The monoisotopic (exact) mass is 409 g/mol. The van der Waals surface area contributed by atoms with Crippen molar-refractivity contribution in [2.24, 2.45) is 0 Å². The Balaban J connectivity index is 0.000000303. The summed E-state index contributed by atoms with van der Waals surface area (Å²) in [7, 11) is 1.99. The summed E-state index contributed by atoms with van der Waals surface area (Å²) in [4.78, 5) is 25.0. The molecule has 2 aromatic carbocycles. The highest BCUT2D eigenvalue weighted by molar-refractivity contribution is 5.92. The highest BCUT2D eigenvalue weighted by Gasteiger charge is 2.12. The summed E-state index contributed by atoms with van der Waals surface area (Å²) in [6.45, 7) is 8.99. The van der Waals surface area contributed by atoms with Gasteiger partial charge in [-0.15, -0.1) is 0 Å². The number of fused-ring (bicyclic) bond motifs is 1. The van der Waals surface area contributed by atoms with Gasteiger partial charge in [0, 0.05) is 24.3 Å². The summed E-state index contributed by atoms with van der Waals surface area (Å²) in [5.41, 5.74) is 5.18. The Morgan fingerprint density at radius 2 is 1.73 bits per heavy atom. The Labute approximate surface area is 180 Å². The zero-order chi connectivity index (χ0) is 21.8. The number of nitrogens with zero attached hydrogens (tertiary/aromatic N) is 1. The first-order valence-corrected chi connectivity index (χ1v) is 10.9. The van der Waals surface area contributed by atoms with Crippen LogP contribution in [0, 0.1) is 0 Å². The molecule has 0 aliphatic heterocycles. The van der Waals surface area contributed by atoms with E-state index in [-0.39, 0.29) is 5.91 Å². The minimum atomic E-state index is -0.0354. The van der Waals surface area contributed by atoms with Gasteiger partial charge in [0.05, 0.1) is 6.42 Å². The van der Waals surface area contributed by atoms with Crippen molar-refractivity contribution in [1.82, 2.24) is 10.2 Å². The lowest BCUT2D eigenvalue weighted by Crippen LogP contribution is -2.30. The second-order valence-corrected chi connectivity index (χ2v) is 7.55. The summed E-state index contributed by atoms with van der Waals surface area (Å²) < 4.78 is 0. The lowest BCUT2D eigenvalue weighted by molar-refractivity contribution is -0.115. The van der Waals surface area contributed by atoms with E-state index in [1.54, 1.807) is 24.3 Å². The fourth-order valence-electron chi connectivity index (χ4n) is 3.58. The van der Waals surface area contributed by atoms with E-state index in [1.165, 1.54) is 24.1 Å². The standard InChI is InChI=1S/C18H17NO2.C7H18N2/c20-12-13-5-8-17(9-6-13)19-18(21)11-14-4-7-15-2-1-3-16(15)10-14;1-4-9(5-2)7-6-8-3/h4-10,12H,1-3,11H2,(H,19,21);8H,4-7H2,1-3H3. The van der Waals surface area contributed by atoms with Crippen molar-refractivity contribution in [2.45, 2.75) is 39.5 Å². The molecule has 162 valence electrons. The van der Waals surface area contributed by atoms with Crippen LogP contribution in [0.4, 0.5) is 5.69 Å². The quantitative estimate of drug-likeness (QED) is 0.620. The van der Waals surface area contributed by atoms with Gasteiger partial charge in [-0.3, -0.25) is 9.59 Å². The van der Waals surface area contributed by atoms with E-state index < -0.39 is 0 Å². The van der Waals surface area contributed by atoms with Gasteiger partial charge in [-0.2, -0.15) is 0 Å². The Bertz CT molecular complexity index is 799. The Morgan fingerprint density at radius 1 is 1.03 bits per heavy atom. The number of carbonyl (C=O) groups is 2. The molecule has 5 nitrogen and oxygen atoms in total. The van der Waals surface area contributed by atoms with Gasteiger partial charge >= 0.3 is 0 Å². The van der Waals surface area contributed by atoms with Crippen LogP contribution in [0.1, 0.15) is 47.3 Å². The minimum absolute atomic E-state index is 0.0354. The fraction of sp³-hybridized carbons (Fsp3) is 0.440. The van der Waals surface area contributed by atoms with Crippen LogP contribution in [-0.4, -0.2) is 50.3 Å². The van der Waals surface area contributed by atoms with E-state index >= 15 is 0 Å². The lowest BCUT2D eigenvalue weighted by Gasteiger charge is -2.16. The molecule has 1 amide bonds. The van der Waals surface area contributed by atoms with Crippen LogP contribution in [-0.2, 0) is 24.1 Å². The van der Waals surface area contributed by atoms with Gasteiger partial charge in [0.15, 0.2) is 0 Å². The summed E-state index contributed by atoms with van der Waals surface area (Å²) >= 11 is 0. The van der Waals surface area contributed by atoms with Gasteiger partial charge in [0.2, 0.25) is 5.91 Å². The van der Waals surface area contributed by atoms with Crippen molar-refractivity contribution in [2.75, 3.05) is 38.5 Å². The number of carbonyl (C=O) groups excluding carboxylic acids is 2. The molecule has 0 bridgehead atoms. The van der Waals surface area contributed by atoms with Gasteiger partial charge in [-0.05, 0) is 80.4 Å². The van der Waals surface area contributed by atoms with Gasteiger partial charge in [0.1, 0.15) is 6.29 Å². The lowest BCUT2D eigenvalue weighted by atomic mass is 10.0. The van der Waals surface area contributed by atoms with Crippen molar-refractivity contribution < 1.29 is 9.59 Å². The maximum Gasteiger partial charge on any atom is 0.228 e. The third-order valence-corrected chi connectivity index (χ3v) is 5.43. The molecule has 30 heavy (non-hydrogen) atoms. The average molecular weight is 410 g/mol. The number of nitrogens with one attached hydrogen (secondary N) is 2. The molecule has 0 spiro atoms. The van der Waals surface area contributed by atoms with E-state index in [9.17, 15) is 9.59 Å². The molecular weight excluding hydrogens is 374 g/mol. The third-order valence-electron chi connectivity index (χ3n) is 5.43. The second-order valence-electron chi connectivity index (χ2n) is 7.55. The molecule has 0 heterocycles. The summed E-state index contributed by atoms with van der Waals surface area (Å²) in [5, 5.41) is 5.98. The highest BCUT2D eigenvalue weighted by atomic mass is 16.1. The number of benzene rings is 2. The number of hydrogen-bond donors (Lipinski definition) is 2. The molecule has 1 aliphatic carbocycles. The maximum absolute atomic E-state index is 12.1. The molecular formula is C25H35N3O2. The van der Waals surface area contributed by atoms with Crippen molar-refractivity contribution in [1.29, 1.82) is 0 Å². The van der Waals surface area contributed by atoms with Crippen molar-refractivity contribution in [3.05, 3.63) is 64.7 Å². The van der Waals surface area contributed by atoms with Gasteiger partial charge < -0.3 is 15.5 Å². The number of aldehydes is 1. The van der Waals surface area contributed by atoms with Crippen LogP contribution in [0.5, 0.6) is 0 Å². The third kappa shape index (κ3) is 7.73. The van der Waals surface area contributed by atoms with Gasteiger partial charge in [0.25, 0.3) is 0 Å². The molecule has 0 fully saturated rings. The van der Waals surface area contributed by atoms with Crippen molar-refractivity contribution in [3.8, 4) is 0 Å². The number of anilines is 1. The van der Waals surface area contributed by atoms with E-state index in [0.29, 0.717) is 17.7 Å². The number of rotatable bonds is 9. The Kier molecular flexibility index (Phi) is 10.3. The molecule has 3 rings (SSSR count). The Morgan fingerprint density at radius 3 is 2.37 bits per heavy atom. The predicted molar refractivity (Wildman–Crippen MR) is 124 cm³/mol. The topological polar surface area (TPSA) is 61.4 Å². The molecule has 0 aromatic heterocycles. The molecule has 0 saturated heterocycles. The number of likely N-dealkylation sites (N-methyl/N-ethyl adjacent to an activating group) is 2. The second kappa shape index (κ2) is 12.9. The summed E-state index contributed by atoms with van der Waals surface area (Å²) in [5.74, 6) is -0.0354. The SMILES string of the molecule is CCN(CC)CCNC.O=Cc1ccc(NC(=O)Cc2ccc3c(c2)CCC3)cc1. The summed E-state index contributed by atoms with van der Waals surface area (Å²) in [6.07, 6.45) is 4.66. The van der Waals surface area contributed by atoms with Crippen LogP contribution in [0.2, 0.25) is 0 Å². The first-order chi connectivity index (χ1) is 14.6. The largest absolute Gasteiger partial charge is 0.326 e.